The maximum Gasteiger partial charge on any atom is 0.153 e. The molecule has 0 aliphatic rings. The monoisotopic (exact) mass is 314 g/mol. The van der Waals surface area contributed by atoms with E-state index >= 15 is 0 Å². The minimum absolute atomic E-state index is 0.900. The van der Waals surface area contributed by atoms with Gasteiger partial charge in [0, 0.05) is 17.0 Å². The molecule has 0 aliphatic carbocycles. The molecule has 3 rings (SSSR count). The van der Waals surface area contributed by atoms with E-state index in [0.29, 0.717) is 0 Å². The molecule has 0 spiro atoms. The lowest BCUT2D eigenvalue weighted by atomic mass is 10.1. The van der Waals surface area contributed by atoms with Crippen molar-refractivity contribution in [1.82, 2.24) is 4.57 Å². The fraction of sp³-hybridized carbons (Fsp3) is 0.176. The Morgan fingerprint density at radius 3 is 2.14 bits per heavy atom. The van der Waals surface area contributed by atoms with Crippen LogP contribution in [-0.4, -0.2) is 16.3 Å². The van der Waals surface area contributed by atoms with Gasteiger partial charge in [-0.1, -0.05) is 68.5 Å². The third-order valence-electron chi connectivity index (χ3n) is 3.13. The largest absolute Gasteiger partial charge is 0.290 e. The third kappa shape index (κ3) is 2.87. The predicted octanol–water partition coefficient (Wildman–Crippen LogP) is 4.80. The Balaban J connectivity index is 0.000000774. The van der Waals surface area contributed by atoms with E-state index in [2.05, 4.69) is 34.7 Å². The first-order valence-corrected chi connectivity index (χ1v) is 8.56. The highest BCUT2D eigenvalue weighted by molar-refractivity contribution is 7.97. The lowest BCUT2D eigenvalue weighted by Gasteiger charge is -2.10. The minimum Gasteiger partial charge on any atom is -0.290 e. The predicted molar refractivity (Wildman–Crippen MR) is 98.9 cm³/mol. The zero-order valence-electron chi connectivity index (χ0n) is 12.4. The van der Waals surface area contributed by atoms with Gasteiger partial charge in [-0.2, -0.15) is 4.40 Å². The number of hydrogen-bond acceptors (Lipinski definition) is 3. The Morgan fingerprint density at radius 1 is 0.952 bits per heavy atom. The van der Waals surface area contributed by atoms with Crippen LogP contribution in [0.15, 0.2) is 52.9 Å². The molecule has 0 aliphatic heterocycles. The second-order valence-electron chi connectivity index (χ2n) is 4.14. The highest BCUT2D eigenvalue weighted by Gasteiger charge is 2.06. The molecule has 0 unspecified atom stereocenters. The number of hydrogen-bond donors (Lipinski definition) is 0. The van der Waals surface area contributed by atoms with Crippen LogP contribution in [0.1, 0.15) is 13.8 Å². The minimum atomic E-state index is 0.900. The number of aromatic nitrogens is 1. The topological polar surface area (TPSA) is 17.3 Å². The van der Waals surface area contributed by atoms with Crippen molar-refractivity contribution in [3.63, 3.8) is 0 Å². The molecular weight excluding hydrogens is 296 g/mol. The smallest absolute Gasteiger partial charge is 0.153 e. The second-order valence-corrected chi connectivity index (χ2v) is 4.89. The van der Waals surface area contributed by atoms with Crippen LogP contribution in [0.3, 0.4) is 0 Å². The van der Waals surface area contributed by atoms with E-state index in [4.69, 9.17) is 12.2 Å². The molecule has 0 amide bonds. The molecule has 2 aromatic carbocycles. The normalized spacial score (nSPS) is 11.3. The lowest BCUT2D eigenvalue weighted by molar-refractivity contribution is 1.15. The zero-order chi connectivity index (χ0) is 15.2. The van der Waals surface area contributed by atoms with Gasteiger partial charge in [0.05, 0.1) is 11.0 Å². The molecule has 4 heteroatoms. The number of thiocarbonyl (C=S) groups is 1. The van der Waals surface area contributed by atoms with Crippen molar-refractivity contribution in [3.8, 4) is 0 Å². The van der Waals surface area contributed by atoms with Crippen LogP contribution in [0.2, 0.25) is 0 Å². The van der Waals surface area contributed by atoms with Crippen molar-refractivity contribution in [1.29, 1.82) is 0 Å². The SMILES string of the molecule is CC.CS/N=c1/c2ccccc2c2ccccc2n1C=S. The van der Waals surface area contributed by atoms with Crippen molar-refractivity contribution in [2.75, 3.05) is 6.26 Å². The molecule has 3 aromatic rings. The van der Waals surface area contributed by atoms with Gasteiger partial charge >= 0.3 is 0 Å². The van der Waals surface area contributed by atoms with E-state index in [1.54, 1.807) is 5.49 Å². The summed E-state index contributed by atoms with van der Waals surface area (Å²) in [4.78, 5) is 0. The van der Waals surface area contributed by atoms with Gasteiger partial charge in [-0.3, -0.25) is 4.57 Å². The molecule has 0 saturated heterocycles. The van der Waals surface area contributed by atoms with Crippen molar-refractivity contribution in [2.45, 2.75) is 13.8 Å². The standard InChI is InChI=1S/C15H12N2S2.C2H6/c1-19-16-15-13-8-3-2-6-11(13)12-7-4-5-9-14(12)17(15)10-18;1-2/h2-10H,1H3;1-2H3/b16-15-;. The molecule has 0 fully saturated rings. The van der Waals surface area contributed by atoms with Gasteiger partial charge in [0.15, 0.2) is 5.49 Å². The summed E-state index contributed by atoms with van der Waals surface area (Å²) in [7, 11) is 0. The van der Waals surface area contributed by atoms with E-state index < -0.39 is 0 Å². The number of para-hydroxylation sites is 1. The molecule has 0 N–H and O–H groups in total. The van der Waals surface area contributed by atoms with E-state index in [1.165, 1.54) is 22.7 Å². The molecule has 0 saturated carbocycles. The van der Waals surface area contributed by atoms with Crippen molar-refractivity contribution < 1.29 is 0 Å². The number of nitrogens with zero attached hydrogens (tertiary/aromatic N) is 2. The third-order valence-corrected chi connectivity index (χ3v) is 3.70. The second kappa shape index (κ2) is 7.38. The van der Waals surface area contributed by atoms with Crippen LogP contribution in [0, 0.1) is 0 Å². The fourth-order valence-electron chi connectivity index (χ4n) is 2.35. The van der Waals surface area contributed by atoms with E-state index in [1.807, 2.05) is 42.9 Å². The van der Waals surface area contributed by atoms with Crippen molar-refractivity contribution in [3.05, 3.63) is 54.0 Å². The summed E-state index contributed by atoms with van der Waals surface area (Å²) >= 11 is 6.62. The van der Waals surface area contributed by atoms with Gasteiger partial charge in [-0.15, -0.1) is 0 Å². The van der Waals surface area contributed by atoms with Gasteiger partial charge in [-0.05, 0) is 23.4 Å². The Labute approximate surface area is 134 Å². The van der Waals surface area contributed by atoms with Crippen molar-refractivity contribution >= 4 is 51.3 Å². The van der Waals surface area contributed by atoms with Crippen LogP contribution in [0.4, 0.5) is 0 Å². The lowest BCUT2D eigenvalue weighted by Crippen LogP contribution is -2.20. The molecular formula is C17H18N2S2. The molecule has 0 radical (unpaired) electrons. The summed E-state index contributed by atoms with van der Waals surface area (Å²) in [6.07, 6.45) is 1.96. The maximum atomic E-state index is 5.18. The Hall–Kier alpha value is -1.65. The van der Waals surface area contributed by atoms with E-state index in [9.17, 15) is 0 Å². The molecule has 0 atom stereocenters. The van der Waals surface area contributed by atoms with Gasteiger partial charge < -0.3 is 0 Å². The molecule has 21 heavy (non-hydrogen) atoms. The summed E-state index contributed by atoms with van der Waals surface area (Å²) in [6, 6.07) is 16.6. The van der Waals surface area contributed by atoms with Crippen LogP contribution < -0.4 is 5.49 Å². The maximum absolute atomic E-state index is 5.18. The van der Waals surface area contributed by atoms with Crippen LogP contribution in [-0.2, 0) is 0 Å². The quantitative estimate of drug-likeness (QED) is 0.384. The number of rotatable bonds is 2. The number of fused-ring (bicyclic) bond motifs is 3. The first-order chi connectivity index (χ1) is 10.4. The Kier molecular flexibility index (Phi) is 5.53. The van der Waals surface area contributed by atoms with Crippen molar-refractivity contribution in [2.24, 2.45) is 4.40 Å². The van der Waals surface area contributed by atoms with Gasteiger partial charge in [-0.25, -0.2) is 0 Å². The summed E-state index contributed by atoms with van der Waals surface area (Å²) in [5, 5.41) is 3.52. The van der Waals surface area contributed by atoms with E-state index in [-0.39, 0.29) is 0 Å². The molecule has 0 bridgehead atoms. The highest BCUT2D eigenvalue weighted by Crippen LogP contribution is 2.22. The number of benzene rings is 2. The van der Waals surface area contributed by atoms with Gasteiger partial charge in [0.2, 0.25) is 0 Å². The average molecular weight is 314 g/mol. The summed E-state index contributed by atoms with van der Waals surface area (Å²) in [5.41, 5.74) is 3.64. The molecule has 2 nitrogen and oxygen atoms in total. The molecule has 1 heterocycles. The van der Waals surface area contributed by atoms with Crippen LogP contribution in [0.25, 0.3) is 21.7 Å². The fourth-order valence-corrected chi connectivity index (χ4v) is 2.93. The van der Waals surface area contributed by atoms with Crippen LogP contribution in [0.5, 0.6) is 0 Å². The summed E-state index contributed by atoms with van der Waals surface area (Å²) in [5.74, 6) is 0. The first-order valence-electron chi connectivity index (χ1n) is 6.91. The average Bonchev–Trinajstić information content (AvgIpc) is 2.57. The molecule has 108 valence electrons. The van der Waals surface area contributed by atoms with E-state index in [0.717, 1.165) is 16.4 Å². The summed E-state index contributed by atoms with van der Waals surface area (Å²) in [6.45, 7) is 4.00. The Bertz CT molecular complexity index is 835. The highest BCUT2D eigenvalue weighted by atomic mass is 32.2. The Morgan fingerprint density at radius 2 is 1.52 bits per heavy atom. The van der Waals surface area contributed by atoms with Crippen LogP contribution >= 0.6 is 24.2 Å². The van der Waals surface area contributed by atoms with Gasteiger partial charge in [0.25, 0.3) is 0 Å². The zero-order valence-corrected chi connectivity index (χ0v) is 14.0. The number of pyridine rings is 1. The molecule has 1 aromatic heterocycles. The van der Waals surface area contributed by atoms with Gasteiger partial charge in [0.1, 0.15) is 0 Å². The summed E-state index contributed by atoms with van der Waals surface area (Å²) < 4.78 is 6.51. The first kappa shape index (κ1) is 15.7.